The molecule has 0 saturated heterocycles. The van der Waals surface area contributed by atoms with Gasteiger partial charge in [-0.2, -0.15) is 0 Å². The van der Waals surface area contributed by atoms with Crippen molar-refractivity contribution in [3.63, 3.8) is 0 Å². The first kappa shape index (κ1) is 11.3. The Hall–Kier alpha value is -1.21. The highest BCUT2D eigenvalue weighted by Gasteiger charge is 2.03. The van der Waals surface area contributed by atoms with Gasteiger partial charge in [0.2, 0.25) is 0 Å². The van der Waals surface area contributed by atoms with Gasteiger partial charge in [-0.15, -0.1) is 12.6 Å². The Balaban J connectivity index is 2.57. The minimum Gasteiger partial charge on any atom is -0.143 e. The van der Waals surface area contributed by atoms with Gasteiger partial charge in [0.05, 0.1) is 0 Å². The minimum absolute atomic E-state index is 0.961. The Morgan fingerprint density at radius 3 is 2.62 bits per heavy atom. The summed E-state index contributed by atoms with van der Waals surface area (Å²) < 4.78 is 0. The monoisotopic (exact) mass is 228 g/mol. The zero-order valence-electron chi connectivity index (χ0n) is 9.70. The second-order valence-corrected chi connectivity index (χ2v) is 4.75. The molecule has 0 radical (unpaired) electrons. The Morgan fingerprint density at radius 2 is 1.88 bits per heavy atom. The fourth-order valence-corrected chi connectivity index (χ4v) is 2.13. The van der Waals surface area contributed by atoms with Gasteiger partial charge in [-0.1, -0.05) is 42.0 Å². The van der Waals surface area contributed by atoms with E-state index in [0.717, 1.165) is 11.3 Å². The average molecular weight is 228 g/mol. The number of benzene rings is 2. The number of allylic oxidation sites excluding steroid dienone is 2. The van der Waals surface area contributed by atoms with Crippen LogP contribution in [-0.4, -0.2) is 0 Å². The molecule has 0 aliphatic rings. The van der Waals surface area contributed by atoms with Crippen molar-refractivity contribution in [3.05, 3.63) is 53.6 Å². The molecular weight excluding hydrogens is 212 g/mol. The van der Waals surface area contributed by atoms with E-state index in [2.05, 4.69) is 69.0 Å². The summed E-state index contributed by atoms with van der Waals surface area (Å²) in [6.07, 6.45) is 3.21. The van der Waals surface area contributed by atoms with Crippen LogP contribution in [0.2, 0.25) is 0 Å². The van der Waals surface area contributed by atoms with Crippen molar-refractivity contribution in [2.45, 2.75) is 25.2 Å². The molecule has 2 rings (SSSR count). The molecule has 0 bridgehead atoms. The van der Waals surface area contributed by atoms with Crippen LogP contribution in [-0.2, 0) is 6.42 Å². The van der Waals surface area contributed by atoms with Crippen molar-refractivity contribution in [3.8, 4) is 0 Å². The number of fused-ring (bicyclic) bond motifs is 1. The third-order valence-electron chi connectivity index (χ3n) is 2.73. The number of rotatable bonds is 2. The first-order valence-electron chi connectivity index (χ1n) is 5.51. The molecule has 0 unspecified atom stereocenters. The molecule has 82 valence electrons. The summed E-state index contributed by atoms with van der Waals surface area (Å²) in [6.45, 7) is 4.26. The van der Waals surface area contributed by atoms with Gasteiger partial charge in [0.1, 0.15) is 0 Å². The molecule has 0 heterocycles. The SMILES string of the molecule is CC(C)=CCc1c(S)ccc2ccccc12. The molecule has 0 spiro atoms. The van der Waals surface area contributed by atoms with Crippen molar-refractivity contribution < 1.29 is 0 Å². The standard InChI is InChI=1S/C15H16S/c1-11(2)7-9-14-13-6-4-3-5-12(13)8-10-15(14)16/h3-8,10,16H,9H2,1-2H3. The van der Waals surface area contributed by atoms with Crippen LogP contribution in [0.4, 0.5) is 0 Å². The first-order valence-corrected chi connectivity index (χ1v) is 5.96. The first-order chi connectivity index (χ1) is 7.68. The van der Waals surface area contributed by atoms with E-state index in [-0.39, 0.29) is 0 Å². The highest BCUT2D eigenvalue weighted by molar-refractivity contribution is 7.80. The molecule has 0 N–H and O–H groups in total. The largest absolute Gasteiger partial charge is 0.143 e. The van der Waals surface area contributed by atoms with Crippen LogP contribution in [0.5, 0.6) is 0 Å². The lowest BCUT2D eigenvalue weighted by Crippen LogP contribution is -1.87. The summed E-state index contributed by atoms with van der Waals surface area (Å²) in [7, 11) is 0. The maximum Gasteiger partial charge on any atom is 0.00816 e. The molecule has 0 saturated carbocycles. The van der Waals surface area contributed by atoms with Gasteiger partial charge in [0.15, 0.2) is 0 Å². The molecular formula is C15H16S. The van der Waals surface area contributed by atoms with Crippen LogP contribution in [0.15, 0.2) is 52.9 Å². The third-order valence-corrected chi connectivity index (χ3v) is 3.15. The lowest BCUT2D eigenvalue weighted by Gasteiger charge is -2.07. The minimum atomic E-state index is 0.961. The Kier molecular flexibility index (Phi) is 3.35. The predicted molar refractivity (Wildman–Crippen MR) is 74.3 cm³/mol. The van der Waals surface area contributed by atoms with Crippen LogP contribution < -0.4 is 0 Å². The molecule has 0 fully saturated rings. The van der Waals surface area contributed by atoms with E-state index >= 15 is 0 Å². The topological polar surface area (TPSA) is 0 Å². The van der Waals surface area contributed by atoms with Crippen LogP contribution in [0.3, 0.4) is 0 Å². The summed E-state index contributed by atoms with van der Waals surface area (Å²) in [5.74, 6) is 0. The van der Waals surface area contributed by atoms with Crippen molar-refractivity contribution >= 4 is 23.4 Å². The predicted octanol–water partition coefficient (Wildman–Crippen LogP) is 4.64. The van der Waals surface area contributed by atoms with Crippen molar-refractivity contribution in [2.75, 3.05) is 0 Å². The number of hydrogen-bond acceptors (Lipinski definition) is 1. The molecule has 0 amide bonds. The van der Waals surface area contributed by atoms with Gasteiger partial charge in [-0.3, -0.25) is 0 Å². The van der Waals surface area contributed by atoms with Crippen LogP contribution in [0.25, 0.3) is 10.8 Å². The second-order valence-electron chi connectivity index (χ2n) is 4.27. The second kappa shape index (κ2) is 4.75. The summed E-state index contributed by atoms with van der Waals surface area (Å²) in [5.41, 5.74) is 2.67. The van der Waals surface area contributed by atoms with Crippen molar-refractivity contribution in [1.29, 1.82) is 0 Å². The van der Waals surface area contributed by atoms with Gasteiger partial charge in [0, 0.05) is 4.90 Å². The van der Waals surface area contributed by atoms with E-state index in [1.54, 1.807) is 0 Å². The molecule has 16 heavy (non-hydrogen) atoms. The average Bonchev–Trinajstić information content (AvgIpc) is 2.27. The molecule has 2 aromatic rings. The normalized spacial score (nSPS) is 10.4. The molecule has 0 atom stereocenters. The summed E-state index contributed by atoms with van der Waals surface area (Å²) in [6, 6.07) is 12.7. The van der Waals surface area contributed by atoms with Gasteiger partial charge in [-0.25, -0.2) is 0 Å². The molecule has 0 aliphatic carbocycles. The van der Waals surface area contributed by atoms with E-state index in [9.17, 15) is 0 Å². The van der Waals surface area contributed by atoms with E-state index in [4.69, 9.17) is 0 Å². The van der Waals surface area contributed by atoms with E-state index in [0.29, 0.717) is 0 Å². The smallest absolute Gasteiger partial charge is 0.00816 e. The zero-order valence-corrected chi connectivity index (χ0v) is 10.6. The quantitative estimate of drug-likeness (QED) is 0.562. The summed E-state index contributed by atoms with van der Waals surface area (Å²) in [4.78, 5) is 1.08. The summed E-state index contributed by atoms with van der Waals surface area (Å²) >= 11 is 4.55. The highest BCUT2D eigenvalue weighted by Crippen LogP contribution is 2.25. The van der Waals surface area contributed by atoms with Crippen LogP contribution in [0.1, 0.15) is 19.4 Å². The highest BCUT2D eigenvalue weighted by atomic mass is 32.1. The van der Waals surface area contributed by atoms with Crippen LogP contribution >= 0.6 is 12.6 Å². The van der Waals surface area contributed by atoms with Crippen molar-refractivity contribution in [2.24, 2.45) is 0 Å². The van der Waals surface area contributed by atoms with Gasteiger partial charge in [-0.05, 0) is 42.7 Å². The van der Waals surface area contributed by atoms with E-state index in [1.807, 2.05) is 0 Å². The lowest BCUT2D eigenvalue weighted by atomic mass is 10.0. The van der Waals surface area contributed by atoms with Crippen LogP contribution in [0, 0.1) is 0 Å². The Morgan fingerprint density at radius 1 is 1.12 bits per heavy atom. The third kappa shape index (κ3) is 2.30. The number of thiol groups is 1. The molecule has 0 aromatic heterocycles. The maximum atomic E-state index is 4.55. The molecule has 0 aliphatic heterocycles. The van der Waals surface area contributed by atoms with Crippen molar-refractivity contribution in [1.82, 2.24) is 0 Å². The molecule has 0 nitrogen and oxygen atoms in total. The Labute approximate surface area is 102 Å². The fraction of sp³-hybridized carbons (Fsp3) is 0.200. The van der Waals surface area contributed by atoms with Gasteiger partial charge in [0.25, 0.3) is 0 Å². The number of hydrogen-bond donors (Lipinski definition) is 1. The fourth-order valence-electron chi connectivity index (χ4n) is 1.85. The molecule has 2 aromatic carbocycles. The van der Waals surface area contributed by atoms with E-state index in [1.165, 1.54) is 21.9 Å². The lowest BCUT2D eigenvalue weighted by molar-refractivity contribution is 1.18. The maximum absolute atomic E-state index is 4.55. The zero-order chi connectivity index (χ0) is 11.5. The van der Waals surface area contributed by atoms with E-state index < -0.39 is 0 Å². The Bertz CT molecular complexity index is 534. The van der Waals surface area contributed by atoms with Gasteiger partial charge < -0.3 is 0 Å². The molecule has 1 heteroatoms. The summed E-state index contributed by atoms with van der Waals surface area (Å²) in [5, 5.41) is 2.60. The van der Waals surface area contributed by atoms with Gasteiger partial charge >= 0.3 is 0 Å².